The third-order valence-electron chi connectivity index (χ3n) is 3.72. The van der Waals surface area contributed by atoms with Crippen LogP contribution in [0.4, 0.5) is 4.79 Å². The Labute approximate surface area is 165 Å². The smallest absolute Gasteiger partial charge is 0.407 e. The standard InChI is InChI=1S/C19H26N4O3S/c1-18(2,3)26-17(24)21-11-6-10-20-16(27)19(9-5-12-23-19)15-8-7-14(25-4)13-22-15/h5,7-9,12-13H,6,10-11H2,1-4H3,(H,20,27)(H,21,24). The van der Waals surface area contributed by atoms with Gasteiger partial charge in [0.25, 0.3) is 0 Å². The topological polar surface area (TPSA) is 84.8 Å². The average molecular weight is 391 g/mol. The Morgan fingerprint density at radius 3 is 2.56 bits per heavy atom. The third-order valence-corrected chi connectivity index (χ3v) is 4.17. The summed E-state index contributed by atoms with van der Waals surface area (Å²) in [4.78, 5) is 21.1. The van der Waals surface area contributed by atoms with Crippen LogP contribution in [0.25, 0.3) is 0 Å². The van der Waals surface area contributed by atoms with E-state index in [1.54, 1.807) is 19.5 Å². The second-order valence-electron chi connectivity index (χ2n) is 7.03. The number of alkyl carbamates (subject to hydrolysis) is 1. The van der Waals surface area contributed by atoms with Crippen LogP contribution in [0.2, 0.25) is 0 Å². The van der Waals surface area contributed by atoms with E-state index in [1.165, 1.54) is 0 Å². The first-order chi connectivity index (χ1) is 12.8. The highest BCUT2D eigenvalue weighted by molar-refractivity contribution is 7.80. The molecule has 7 nitrogen and oxygen atoms in total. The van der Waals surface area contributed by atoms with E-state index in [-0.39, 0.29) is 0 Å². The van der Waals surface area contributed by atoms with Gasteiger partial charge in [-0.15, -0.1) is 0 Å². The molecular formula is C19H26N4O3S. The molecule has 1 aliphatic rings. The van der Waals surface area contributed by atoms with Crippen molar-refractivity contribution in [3.05, 3.63) is 36.2 Å². The molecule has 1 amide bonds. The second-order valence-corrected chi connectivity index (χ2v) is 7.43. The number of pyridine rings is 1. The lowest BCUT2D eigenvalue weighted by Crippen LogP contribution is -2.41. The number of ether oxygens (including phenoxy) is 2. The van der Waals surface area contributed by atoms with Crippen molar-refractivity contribution < 1.29 is 14.3 Å². The van der Waals surface area contributed by atoms with Gasteiger partial charge in [-0.25, -0.2) is 4.79 Å². The molecule has 1 unspecified atom stereocenters. The number of amides is 1. The van der Waals surface area contributed by atoms with Crippen LogP contribution in [0, 0.1) is 0 Å². The summed E-state index contributed by atoms with van der Waals surface area (Å²) in [7, 11) is 1.59. The minimum Gasteiger partial charge on any atom is -0.495 e. The largest absolute Gasteiger partial charge is 0.495 e. The maximum Gasteiger partial charge on any atom is 0.407 e. The number of aromatic nitrogens is 1. The van der Waals surface area contributed by atoms with Gasteiger partial charge >= 0.3 is 6.09 Å². The highest BCUT2D eigenvalue weighted by atomic mass is 32.1. The van der Waals surface area contributed by atoms with Crippen molar-refractivity contribution in [3.63, 3.8) is 0 Å². The molecule has 27 heavy (non-hydrogen) atoms. The minimum atomic E-state index is -0.805. The number of hydrogen-bond donors (Lipinski definition) is 2. The second kappa shape index (κ2) is 8.94. The van der Waals surface area contributed by atoms with Gasteiger partial charge < -0.3 is 20.1 Å². The molecule has 0 aliphatic carbocycles. The van der Waals surface area contributed by atoms with Crippen LogP contribution in [-0.4, -0.2) is 48.1 Å². The molecule has 1 aliphatic heterocycles. The highest BCUT2D eigenvalue weighted by Crippen LogP contribution is 2.30. The van der Waals surface area contributed by atoms with E-state index in [0.29, 0.717) is 30.2 Å². The van der Waals surface area contributed by atoms with E-state index in [9.17, 15) is 4.79 Å². The molecule has 2 rings (SSSR count). The fraction of sp³-hybridized carbons (Fsp3) is 0.474. The molecule has 0 fully saturated rings. The van der Waals surface area contributed by atoms with Crippen LogP contribution in [0.1, 0.15) is 32.9 Å². The summed E-state index contributed by atoms with van der Waals surface area (Å²) in [5.41, 5.74) is -0.591. The molecule has 1 atom stereocenters. The quantitative estimate of drug-likeness (QED) is 0.550. The molecule has 0 radical (unpaired) electrons. The van der Waals surface area contributed by atoms with Gasteiger partial charge in [0.15, 0.2) is 5.54 Å². The zero-order valence-corrected chi connectivity index (χ0v) is 16.9. The van der Waals surface area contributed by atoms with Gasteiger partial charge in [0.2, 0.25) is 0 Å². The molecule has 0 saturated carbocycles. The Morgan fingerprint density at radius 1 is 1.26 bits per heavy atom. The number of allylic oxidation sites excluding steroid dienone is 1. The van der Waals surface area contributed by atoms with Crippen LogP contribution >= 0.6 is 12.2 Å². The number of hydrogen-bond acceptors (Lipinski definition) is 6. The molecule has 0 bridgehead atoms. The van der Waals surface area contributed by atoms with E-state index in [2.05, 4.69) is 20.6 Å². The van der Waals surface area contributed by atoms with Gasteiger partial charge in [0, 0.05) is 19.3 Å². The summed E-state index contributed by atoms with van der Waals surface area (Å²) in [6, 6.07) is 3.68. The van der Waals surface area contributed by atoms with Gasteiger partial charge in [-0.1, -0.05) is 12.2 Å². The number of nitrogens with one attached hydrogen (secondary N) is 2. The maximum atomic E-state index is 11.6. The van der Waals surface area contributed by atoms with Crippen molar-refractivity contribution in [2.45, 2.75) is 38.3 Å². The highest BCUT2D eigenvalue weighted by Gasteiger charge is 2.36. The molecule has 146 valence electrons. The van der Waals surface area contributed by atoms with Crippen molar-refractivity contribution in [1.29, 1.82) is 0 Å². The first kappa shape index (κ1) is 20.8. The predicted octanol–water partition coefficient (Wildman–Crippen LogP) is 2.76. The molecule has 0 aromatic carbocycles. The van der Waals surface area contributed by atoms with Crippen molar-refractivity contribution in [1.82, 2.24) is 15.6 Å². The van der Waals surface area contributed by atoms with Gasteiger partial charge in [-0.05, 0) is 51.5 Å². The molecule has 2 N–H and O–H groups in total. The van der Waals surface area contributed by atoms with E-state index < -0.39 is 17.2 Å². The van der Waals surface area contributed by atoms with Crippen molar-refractivity contribution in [2.75, 3.05) is 20.2 Å². The minimum absolute atomic E-state index is 0.424. The van der Waals surface area contributed by atoms with Crippen LogP contribution in [0.5, 0.6) is 5.75 Å². The Bertz CT molecular complexity index is 711. The Balaban J connectivity index is 1.86. The van der Waals surface area contributed by atoms with E-state index in [0.717, 1.165) is 5.69 Å². The van der Waals surface area contributed by atoms with Gasteiger partial charge in [0.1, 0.15) is 16.3 Å². The van der Waals surface area contributed by atoms with E-state index in [1.807, 2.05) is 45.1 Å². The number of rotatable bonds is 7. The number of aliphatic imine (C=N–C) groups is 1. The summed E-state index contributed by atoms with van der Waals surface area (Å²) < 4.78 is 10.4. The normalized spacial score (nSPS) is 18.2. The fourth-order valence-corrected chi connectivity index (χ4v) is 2.77. The molecule has 2 heterocycles. The molecule has 1 aromatic rings. The lowest BCUT2D eigenvalue weighted by Gasteiger charge is -2.26. The Hall–Kier alpha value is -2.48. The third kappa shape index (κ3) is 5.75. The molecule has 0 saturated heterocycles. The zero-order chi connectivity index (χ0) is 19.9. The number of methoxy groups -OCH3 is 1. The number of thiocarbonyl (C=S) groups is 1. The SMILES string of the molecule is COc1ccc(C2(C(=S)NCCCNC(=O)OC(C)(C)C)C=CC=N2)nc1. The van der Waals surface area contributed by atoms with Crippen molar-refractivity contribution >= 4 is 29.5 Å². The molecule has 0 spiro atoms. The van der Waals surface area contributed by atoms with E-state index in [4.69, 9.17) is 21.7 Å². The molecular weight excluding hydrogens is 364 g/mol. The Morgan fingerprint density at radius 2 is 2.00 bits per heavy atom. The maximum absolute atomic E-state index is 11.6. The van der Waals surface area contributed by atoms with Crippen LogP contribution < -0.4 is 15.4 Å². The van der Waals surface area contributed by atoms with Crippen LogP contribution in [-0.2, 0) is 10.3 Å². The average Bonchev–Trinajstić information content (AvgIpc) is 3.11. The molecule has 8 heteroatoms. The zero-order valence-electron chi connectivity index (χ0n) is 16.1. The summed E-state index contributed by atoms with van der Waals surface area (Å²) in [6.45, 7) is 6.56. The number of nitrogens with zero attached hydrogens (tertiary/aromatic N) is 2. The van der Waals surface area contributed by atoms with Gasteiger partial charge in [-0.3, -0.25) is 9.98 Å². The first-order valence-electron chi connectivity index (χ1n) is 8.75. The lowest BCUT2D eigenvalue weighted by atomic mass is 9.95. The first-order valence-corrected chi connectivity index (χ1v) is 9.16. The Kier molecular flexibility index (Phi) is 6.90. The number of carbonyl (C=O) groups excluding carboxylic acids is 1. The monoisotopic (exact) mass is 390 g/mol. The predicted molar refractivity (Wildman–Crippen MR) is 110 cm³/mol. The van der Waals surface area contributed by atoms with E-state index >= 15 is 0 Å². The summed E-state index contributed by atoms with van der Waals surface area (Å²) >= 11 is 5.58. The summed E-state index contributed by atoms with van der Waals surface area (Å²) in [5, 5.41) is 5.94. The lowest BCUT2D eigenvalue weighted by molar-refractivity contribution is 0.0527. The van der Waals surface area contributed by atoms with Crippen LogP contribution in [0.3, 0.4) is 0 Å². The van der Waals surface area contributed by atoms with Gasteiger partial charge in [0.05, 0.1) is 19.0 Å². The number of carbonyl (C=O) groups is 1. The van der Waals surface area contributed by atoms with Crippen LogP contribution in [0.15, 0.2) is 35.5 Å². The van der Waals surface area contributed by atoms with Gasteiger partial charge in [-0.2, -0.15) is 0 Å². The van der Waals surface area contributed by atoms with Crippen molar-refractivity contribution in [2.24, 2.45) is 4.99 Å². The summed E-state index contributed by atoms with van der Waals surface area (Å²) in [5.74, 6) is 0.673. The summed E-state index contributed by atoms with van der Waals surface area (Å²) in [6.07, 6.45) is 7.39. The van der Waals surface area contributed by atoms with Crippen molar-refractivity contribution in [3.8, 4) is 5.75 Å². The fourth-order valence-electron chi connectivity index (χ4n) is 2.44. The molecule has 1 aromatic heterocycles.